The zero-order chi connectivity index (χ0) is 6.31. The number of nitrogens with zero attached hydrogens (tertiary/aromatic N) is 1. The Hall–Kier alpha value is 0.310. The third-order valence-electron chi connectivity index (χ3n) is 2.01. The normalized spacial score (nSPS) is 48.8. The Labute approximate surface area is 56.5 Å². The van der Waals surface area contributed by atoms with Gasteiger partial charge in [0.05, 0.1) is 0 Å². The monoisotopic (exact) mass is 131 g/mol. The second kappa shape index (κ2) is 1.92. The highest BCUT2D eigenvalue weighted by Crippen LogP contribution is 2.29. The molecule has 1 nitrogen and oxygen atoms in total. The first-order valence-corrected chi connectivity index (χ1v) is 3.56. The van der Waals surface area contributed by atoms with Crippen LogP contribution in [-0.2, 0) is 0 Å². The van der Waals surface area contributed by atoms with E-state index in [1.807, 2.05) is 0 Å². The smallest absolute Gasteiger partial charge is 0.0362 e. The van der Waals surface area contributed by atoms with Crippen molar-refractivity contribution in [2.24, 2.45) is 0 Å². The van der Waals surface area contributed by atoms with Crippen molar-refractivity contribution in [3.8, 4) is 0 Å². The molecular weight excluding hydrogens is 118 g/mol. The molecule has 0 aliphatic carbocycles. The third kappa shape index (κ3) is 0.869. The molecule has 48 valence electrons. The zero-order valence-electron chi connectivity index (χ0n) is 5.63. The van der Waals surface area contributed by atoms with E-state index in [-0.39, 0.29) is 0 Å². The van der Waals surface area contributed by atoms with E-state index < -0.39 is 0 Å². The van der Waals surface area contributed by atoms with Gasteiger partial charge in [-0.1, -0.05) is 6.92 Å². The van der Waals surface area contributed by atoms with Crippen LogP contribution in [0.3, 0.4) is 0 Å². The Balaban J connectivity index is 2.33. The average molecular weight is 131 g/mol. The molecule has 1 fully saturated rings. The Bertz CT molecular complexity index is 77.8. The van der Waals surface area contributed by atoms with E-state index in [0.29, 0.717) is 5.25 Å². The first-order chi connectivity index (χ1) is 3.64. The SMILES string of the molecule is CC(S)C1C(C)N1C. The summed E-state index contributed by atoms with van der Waals surface area (Å²) in [6, 6.07) is 1.50. The lowest BCUT2D eigenvalue weighted by molar-refractivity contribution is 0.588. The van der Waals surface area contributed by atoms with Crippen LogP contribution in [0.15, 0.2) is 0 Å². The summed E-state index contributed by atoms with van der Waals surface area (Å²) in [5.41, 5.74) is 0. The standard InChI is InChI=1S/C6H13NS/c1-4-6(5(2)8)7(4)3/h4-6,8H,1-3H3. The predicted octanol–water partition coefficient (Wildman–Crippen LogP) is 1.01. The zero-order valence-corrected chi connectivity index (χ0v) is 6.52. The molecule has 0 N–H and O–H groups in total. The maximum absolute atomic E-state index is 4.33. The number of likely N-dealkylation sites (N-methyl/N-ethyl adjacent to an activating group) is 1. The van der Waals surface area contributed by atoms with Crippen molar-refractivity contribution >= 4 is 12.6 Å². The van der Waals surface area contributed by atoms with Crippen LogP contribution < -0.4 is 0 Å². The van der Waals surface area contributed by atoms with E-state index in [1.165, 1.54) is 0 Å². The minimum atomic E-state index is 0.537. The summed E-state index contributed by atoms with van der Waals surface area (Å²) in [7, 11) is 2.14. The maximum atomic E-state index is 4.33. The van der Waals surface area contributed by atoms with Gasteiger partial charge in [-0.05, 0) is 14.0 Å². The molecule has 0 aromatic rings. The number of hydrogen-bond acceptors (Lipinski definition) is 2. The van der Waals surface area contributed by atoms with Gasteiger partial charge in [0.25, 0.3) is 0 Å². The summed E-state index contributed by atoms with van der Waals surface area (Å²) in [5.74, 6) is 0. The fourth-order valence-electron chi connectivity index (χ4n) is 1.27. The highest BCUT2D eigenvalue weighted by molar-refractivity contribution is 7.81. The summed E-state index contributed by atoms with van der Waals surface area (Å²) in [5, 5.41) is 0.537. The summed E-state index contributed by atoms with van der Waals surface area (Å²) < 4.78 is 0. The minimum absolute atomic E-state index is 0.537. The molecule has 4 unspecified atom stereocenters. The van der Waals surface area contributed by atoms with Gasteiger partial charge in [0.1, 0.15) is 0 Å². The summed E-state index contributed by atoms with van der Waals surface area (Å²) in [6.07, 6.45) is 0. The molecule has 0 bridgehead atoms. The molecule has 0 spiro atoms. The van der Waals surface area contributed by atoms with Crippen LogP contribution in [0.25, 0.3) is 0 Å². The lowest BCUT2D eigenvalue weighted by Crippen LogP contribution is -2.06. The van der Waals surface area contributed by atoms with Gasteiger partial charge in [-0.25, -0.2) is 0 Å². The van der Waals surface area contributed by atoms with Crippen LogP contribution in [0, 0.1) is 0 Å². The highest BCUT2D eigenvalue weighted by Gasteiger charge is 2.42. The fraction of sp³-hybridized carbons (Fsp3) is 1.00. The number of thiol groups is 1. The van der Waals surface area contributed by atoms with E-state index >= 15 is 0 Å². The van der Waals surface area contributed by atoms with Crippen molar-refractivity contribution in [3.05, 3.63) is 0 Å². The second-order valence-corrected chi connectivity index (χ2v) is 3.45. The van der Waals surface area contributed by atoms with Crippen LogP contribution in [0.1, 0.15) is 13.8 Å². The number of hydrogen-bond donors (Lipinski definition) is 1. The van der Waals surface area contributed by atoms with Gasteiger partial charge < -0.3 is 0 Å². The molecule has 1 rings (SSSR count). The molecule has 1 aliphatic rings. The molecule has 1 saturated heterocycles. The molecule has 0 saturated carbocycles. The molecule has 2 heteroatoms. The second-order valence-electron chi connectivity index (χ2n) is 2.64. The Kier molecular flexibility index (Phi) is 1.54. The molecule has 1 heterocycles. The molecular formula is C6H13NS. The molecule has 0 aromatic heterocycles. The summed E-state index contributed by atoms with van der Waals surface area (Å²) >= 11 is 4.33. The van der Waals surface area contributed by atoms with Crippen molar-refractivity contribution in [2.75, 3.05) is 7.05 Å². The van der Waals surface area contributed by atoms with Crippen LogP contribution in [0.2, 0.25) is 0 Å². The van der Waals surface area contributed by atoms with Gasteiger partial charge in [0.2, 0.25) is 0 Å². The van der Waals surface area contributed by atoms with E-state index in [2.05, 4.69) is 38.4 Å². The van der Waals surface area contributed by atoms with Crippen LogP contribution in [-0.4, -0.2) is 29.3 Å². The number of rotatable bonds is 1. The van der Waals surface area contributed by atoms with E-state index in [1.54, 1.807) is 0 Å². The van der Waals surface area contributed by atoms with Gasteiger partial charge in [-0.2, -0.15) is 12.6 Å². The molecule has 4 atom stereocenters. The van der Waals surface area contributed by atoms with Gasteiger partial charge >= 0.3 is 0 Å². The Morgan fingerprint density at radius 3 is 2.00 bits per heavy atom. The fourth-order valence-corrected chi connectivity index (χ4v) is 1.73. The summed E-state index contributed by atoms with van der Waals surface area (Å²) in [4.78, 5) is 2.33. The van der Waals surface area contributed by atoms with Crippen molar-refractivity contribution in [1.29, 1.82) is 0 Å². The first-order valence-electron chi connectivity index (χ1n) is 3.04. The summed E-state index contributed by atoms with van der Waals surface area (Å²) in [6.45, 7) is 4.38. The van der Waals surface area contributed by atoms with Gasteiger partial charge in [-0.3, -0.25) is 4.90 Å². The highest BCUT2D eigenvalue weighted by atomic mass is 32.1. The van der Waals surface area contributed by atoms with Crippen molar-refractivity contribution in [1.82, 2.24) is 4.90 Å². The van der Waals surface area contributed by atoms with Gasteiger partial charge in [0.15, 0.2) is 0 Å². The van der Waals surface area contributed by atoms with Crippen LogP contribution in [0.4, 0.5) is 0 Å². The van der Waals surface area contributed by atoms with Crippen LogP contribution >= 0.6 is 12.6 Å². The lowest BCUT2D eigenvalue weighted by Gasteiger charge is -1.97. The Morgan fingerprint density at radius 1 is 1.62 bits per heavy atom. The largest absolute Gasteiger partial charge is 0.297 e. The van der Waals surface area contributed by atoms with Crippen molar-refractivity contribution in [3.63, 3.8) is 0 Å². The van der Waals surface area contributed by atoms with E-state index in [9.17, 15) is 0 Å². The van der Waals surface area contributed by atoms with E-state index in [4.69, 9.17) is 0 Å². The topological polar surface area (TPSA) is 3.01 Å². The maximum Gasteiger partial charge on any atom is 0.0362 e. The van der Waals surface area contributed by atoms with Crippen LogP contribution in [0.5, 0.6) is 0 Å². The molecule has 0 radical (unpaired) electrons. The first kappa shape index (κ1) is 6.43. The predicted molar refractivity (Wildman–Crippen MR) is 39.5 cm³/mol. The van der Waals surface area contributed by atoms with E-state index in [0.717, 1.165) is 12.1 Å². The average Bonchev–Trinajstić information content (AvgIpc) is 2.15. The molecule has 8 heavy (non-hydrogen) atoms. The quantitative estimate of drug-likeness (QED) is 0.410. The molecule has 1 aliphatic heterocycles. The minimum Gasteiger partial charge on any atom is -0.297 e. The van der Waals surface area contributed by atoms with Crippen molar-refractivity contribution < 1.29 is 0 Å². The lowest BCUT2D eigenvalue weighted by atomic mass is 10.3. The third-order valence-corrected chi connectivity index (χ3v) is 2.32. The van der Waals surface area contributed by atoms with Gasteiger partial charge in [0, 0.05) is 17.3 Å². The van der Waals surface area contributed by atoms with Gasteiger partial charge in [-0.15, -0.1) is 0 Å². The molecule has 0 aromatic carbocycles. The molecule has 0 amide bonds. The van der Waals surface area contributed by atoms with Crippen molar-refractivity contribution in [2.45, 2.75) is 31.2 Å². The Morgan fingerprint density at radius 2 is 2.00 bits per heavy atom.